The lowest BCUT2D eigenvalue weighted by Crippen LogP contribution is -1.78. The number of hydrogen-bond acceptors (Lipinski definition) is 1. The lowest BCUT2D eigenvalue weighted by Gasteiger charge is -1.86. The maximum Gasteiger partial charge on any atom is 0.300 e. The van der Waals surface area contributed by atoms with Gasteiger partial charge in [0.15, 0.2) is 0 Å². The molecule has 1 N–H and O–H groups in total. The highest BCUT2D eigenvalue weighted by atomic mass is 16.4. The van der Waals surface area contributed by atoms with Crippen LogP contribution in [-0.2, 0) is 4.79 Å². The van der Waals surface area contributed by atoms with Gasteiger partial charge in [-0.25, -0.2) is 0 Å². The van der Waals surface area contributed by atoms with Gasteiger partial charge in [-0.3, -0.25) is 4.79 Å². The second-order valence-corrected chi connectivity index (χ2v) is 12.5. The Labute approximate surface area is 298 Å². The summed E-state index contributed by atoms with van der Waals surface area (Å²) in [7, 11) is 0. The molecule has 0 aromatic rings. The zero-order valence-electron chi connectivity index (χ0n) is 36.2. The number of carboxylic acids is 1. The van der Waals surface area contributed by atoms with Crippen molar-refractivity contribution in [3.63, 3.8) is 0 Å². The Bertz CT molecular complexity index is 243. The van der Waals surface area contributed by atoms with E-state index in [1.165, 1.54) is 180 Å². The van der Waals surface area contributed by atoms with Crippen LogP contribution in [0.15, 0.2) is 0 Å². The molecular formula is C44H102O2. The molecule has 0 aliphatic rings. The molecule has 0 amide bonds. The highest BCUT2D eigenvalue weighted by Crippen LogP contribution is 1.98. The van der Waals surface area contributed by atoms with E-state index in [2.05, 4.69) is 96.9 Å². The van der Waals surface area contributed by atoms with E-state index >= 15 is 0 Å². The van der Waals surface area contributed by atoms with Gasteiger partial charge in [-0.1, -0.05) is 277 Å². The van der Waals surface area contributed by atoms with Crippen molar-refractivity contribution < 1.29 is 9.90 Å². The lowest BCUT2D eigenvalue weighted by molar-refractivity contribution is -0.134. The molecule has 0 fully saturated rings. The van der Waals surface area contributed by atoms with Crippen molar-refractivity contribution in [2.45, 2.75) is 284 Å². The van der Waals surface area contributed by atoms with Crippen LogP contribution in [0.4, 0.5) is 0 Å². The average molecular weight is 663 g/mol. The third-order valence-corrected chi connectivity index (χ3v) is 6.70. The van der Waals surface area contributed by atoms with Crippen molar-refractivity contribution in [1.82, 2.24) is 0 Å². The van der Waals surface area contributed by atoms with Crippen molar-refractivity contribution in [3.05, 3.63) is 0 Å². The fourth-order valence-corrected chi connectivity index (χ4v) is 3.50. The summed E-state index contributed by atoms with van der Waals surface area (Å²) < 4.78 is 0. The topological polar surface area (TPSA) is 37.3 Å². The molecule has 2 heteroatoms. The van der Waals surface area contributed by atoms with Gasteiger partial charge in [-0.15, -0.1) is 0 Å². The Balaban J connectivity index is -0.0000000599. The number of hydrogen-bond donors (Lipinski definition) is 1. The summed E-state index contributed by atoms with van der Waals surface area (Å²) in [5.41, 5.74) is 0. The molecule has 46 heavy (non-hydrogen) atoms. The van der Waals surface area contributed by atoms with Gasteiger partial charge in [-0.05, 0) is 0 Å². The van der Waals surface area contributed by atoms with Crippen molar-refractivity contribution in [2.75, 3.05) is 0 Å². The fourth-order valence-electron chi connectivity index (χ4n) is 3.50. The van der Waals surface area contributed by atoms with Crippen LogP contribution in [0.25, 0.3) is 0 Å². The van der Waals surface area contributed by atoms with Gasteiger partial charge in [0.25, 0.3) is 5.97 Å². The first-order valence-electron chi connectivity index (χ1n) is 21.3. The molecule has 0 spiro atoms. The van der Waals surface area contributed by atoms with Crippen molar-refractivity contribution in [2.24, 2.45) is 0 Å². The third kappa shape index (κ3) is 187. The zero-order valence-corrected chi connectivity index (χ0v) is 36.2. The second-order valence-electron chi connectivity index (χ2n) is 12.5. The number of rotatable bonds is 21. The predicted molar refractivity (Wildman–Crippen MR) is 222 cm³/mol. The minimum atomic E-state index is -0.833. The fraction of sp³-hybridized carbons (Fsp3) is 0.977. The molecule has 0 rings (SSSR count). The zero-order chi connectivity index (χ0) is 37.4. The van der Waals surface area contributed by atoms with E-state index in [0.29, 0.717) is 0 Å². The maximum atomic E-state index is 9.00. The molecule has 2 nitrogen and oxygen atoms in total. The number of carbonyl (C=O) groups is 1. The van der Waals surface area contributed by atoms with E-state index in [4.69, 9.17) is 9.90 Å². The highest BCUT2D eigenvalue weighted by Gasteiger charge is 1.78. The minimum absolute atomic E-state index is 0.833. The molecule has 0 heterocycles. The van der Waals surface area contributed by atoms with E-state index in [1.807, 2.05) is 0 Å². The third-order valence-electron chi connectivity index (χ3n) is 6.70. The number of unbranched alkanes of at least 4 members (excludes halogenated alkanes) is 21. The normalized spacial score (nSPS) is 8.76. The van der Waals surface area contributed by atoms with Gasteiger partial charge in [0.2, 0.25) is 0 Å². The molecule has 0 aliphatic heterocycles. The molecule has 0 bridgehead atoms. The van der Waals surface area contributed by atoms with Crippen LogP contribution in [0.5, 0.6) is 0 Å². The molecule has 0 saturated heterocycles. The van der Waals surface area contributed by atoms with Gasteiger partial charge in [0.05, 0.1) is 0 Å². The standard InChI is InChI=1S/7C6H14.C2H4O2/c7*1-3-5-6-4-2;1-2(3)4/h7*3-6H2,1-2H3;1H3,(H,3,4). The van der Waals surface area contributed by atoms with E-state index in [1.54, 1.807) is 0 Å². The minimum Gasteiger partial charge on any atom is -0.481 e. The van der Waals surface area contributed by atoms with Gasteiger partial charge in [0.1, 0.15) is 0 Å². The van der Waals surface area contributed by atoms with Crippen molar-refractivity contribution in [1.29, 1.82) is 0 Å². The van der Waals surface area contributed by atoms with E-state index in [-0.39, 0.29) is 0 Å². The first-order chi connectivity index (χ1) is 22.1. The van der Waals surface area contributed by atoms with Gasteiger partial charge < -0.3 is 5.11 Å². The summed E-state index contributed by atoms with van der Waals surface area (Å²) >= 11 is 0. The van der Waals surface area contributed by atoms with E-state index in [9.17, 15) is 0 Å². The smallest absolute Gasteiger partial charge is 0.300 e. The van der Waals surface area contributed by atoms with Crippen LogP contribution in [0.1, 0.15) is 284 Å². The molecule has 0 radical (unpaired) electrons. The van der Waals surface area contributed by atoms with Crippen LogP contribution >= 0.6 is 0 Å². The predicted octanol–water partition coefficient (Wildman–Crippen LogP) is 18.2. The summed E-state index contributed by atoms with van der Waals surface area (Å²) in [6, 6.07) is 0. The monoisotopic (exact) mass is 663 g/mol. The summed E-state index contributed by atoms with van der Waals surface area (Å²) in [6.07, 6.45) is 38.8. The average Bonchev–Trinajstić information content (AvgIpc) is 3.06. The van der Waals surface area contributed by atoms with Crippen LogP contribution < -0.4 is 0 Å². The van der Waals surface area contributed by atoms with Crippen LogP contribution in [0, 0.1) is 0 Å². The van der Waals surface area contributed by atoms with Crippen molar-refractivity contribution in [3.8, 4) is 0 Å². The molecule has 0 aromatic heterocycles. The number of carboxylic acid groups (broad SMARTS) is 1. The molecular weight excluding hydrogens is 560 g/mol. The first-order valence-corrected chi connectivity index (χ1v) is 21.3. The van der Waals surface area contributed by atoms with Crippen LogP contribution in [-0.4, -0.2) is 11.1 Å². The molecule has 0 unspecified atom stereocenters. The lowest BCUT2D eigenvalue weighted by atomic mass is 10.2. The Kier molecular flexibility index (Phi) is 126. The van der Waals surface area contributed by atoms with Crippen LogP contribution in [0.3, 0.4) is 0 Å². The molecule has 0 atom stereocenters. The SMILES string of the molecule is CC(=O)O.CCCCCC.CCCCCC.CCCCCC.CCCCCC.CCCCCC.CCCCCC.CCCCCC. The van der Waals surface area contributed by atoms with E-state index < -0.39 is 5.97 Å². The van der Waals surface area contributed by atoms with Gasteiger partial charge in [0, 0.05) is 6.92 Å². The molecule has 0 saturated carbocycles. The Hall–Kier alpha value is -0.530. The summed E-state index contributed by atoms with van der Waals surface area (Å²) in [6.45, 7) is 32.3. The largest absolute Gasteiger partial charge is 0.481 e. The van der Waals surface area contributed by atoms with Crippen molar-refractivity contribution >= 4 is 5.97 Å². The maximum absolute atomic E-state index is 9.00. The Morgan fingerprint density at radius 2 is 0.304 bits per heavy atom. The first kappa shape index (κ1) is 64.0. The summed E-state index contributed by atoms with van der Waals surface area (Å²) in [5.74, 6) is -0.833. The van der Waals surface area contributed by atoms with Gasteiger partial charge >= 0.3 is 0 Å². The number of aliphatic carboxylic acids is 1. The van der Waals surface area contributed by atoms with Gasteiger partial charge in [-0.2, -0.15) is 0 Å². The van der Waals surface area contributed by atoms with Crippen LogP contribution in [0.2, 0.25) is 0 Å². The molecule has 0 aliphatic carbocycles. The molecule has 290 valence electrons. The second kappa shape index (κ2) is 90.5. The highest BCUT2D eigenvalue weighted by molar-refractivity contribution is 5.62. The summed E-state index contributed by atoms with van der Waals surface area (Å²) in [4.78, 5) is 9.00. The Morgan fingerprint density at radius 3 is 0.326 bits per heavy atom. The van der Waals surface area contributed by atoms with E-state index in [0.717, 1.165) is 6.92 Å². The molecule has 0 aromatic carbocycles. The summed E-state index contributed by atoms with van der Waals surface area (Å²) in [5, 5.41) is 7.42. The quantitative estimate of drug-likeness (QED) is 0.124. The Morgan fingerprint density at radius 1 is 0.261 bits per heavy atom.